The summed E-state index contributed by atoms with van der Waals surface area (Å²) >= 11 is 0. The van der Waals surface area contributed by atoms with Crippen LogP contribution in [0.25, 0.3) is 10.8 Å². The van der Waals surface area contributed by atoms with Crippen LogP contribution >= 0.6 is 0 Å². The molecule has 4 aromatic rings. The Hall–Kier alpha value is -3.94. The zero-order valence-electron chi connectivity index (χ0n) is 18.7. The SMILES string of the molecule is C[n+]1ccn(CCCN2C(=O)c3cccc4c(NCCC[n+]5cc[nH]c5)ccc(c34)C2=O)c1. The number of aryl methyl sites for hydroxylation is 3. The monoisotopic (exact) mass is 444 g/mol. The van der Waals surface area contributed by atoms with E-state index in [2.05, 4.69) is 19.4 Å². The molecule has 0 atom stereocenters. The van der Waals surface area contributed by atoms with Gasteiger partial charge in [0.05, 0.1) is 20.1 Å². The van der Waals surface area contributed by atoms with Crippen molar-refractivity contribution in [1.29, 1.82) is 0 Å². The normalized spacial score (nSPS) is 13.2. The molecule has 8 nitrogen and oxygen atoms in total. The molecule has 2 aromatic heterocycles. The molecule has 2 amide bonds. The van der Waals surface area contributed by atoms with Crippen molar-refractivity contribution in [2.24, 2.45) is 7.05 Å². The first-order valence-electron chi connectivity index (χ1n) is 11.3. The van der Waals surface area contributed by atoms with Gasteiger partial charge >= 0.3 is 0 Å². The van der Waals surface area contributed by atoms with E-state index in [1.165, 1.54) is 4.90 Å². The standard InChI is InChI=1S/C25H26N6O2/c1-28-15-16-30(18-28)12-4-13-31-24(32)20-6-2-5-19-22(8-7-21(23(19)20)25(31)33)27-9-3-11-29-14-10-26-17-29/h2,5-8,10,14-18H,3-4,9,11-13H2,1H3/p+2. The summed E-state index contributed by atoms with van der Waals surface area (Å²) in [6, 6.07) is 9.51. The lowest BCUT2D eigenvalue weighted by molar-refractivity contribution is -0.695. The number of carbonyl (C=O) groups excluding carboxylic acids is 2. The minimum atomic E-state index is -0.211. The van der Waals surface area contributed by atoms with E-state index in [0.29, 0.717) is 24.1 Å². The number of anilines is 1. The molecule has 0 bridgehead atoms. The fourth-order valence-corrected chi connectivity index (χ4v) is 4.49. The van der Waals surface area contributed by atoms with Gasteiger partial charge in [-0.3, -0.25) is 19.5 Å². The van der Waals surface area contributed by atoms with Gasteiger partial charge in [-0.1, -0.05) is 12.1 Å². The average molecular weight is 445 g/mol. The minimum Gasteiger partial charge on any atom is -0.384 e. The maximum atomic E-state index is 13.2. The number of imide groups is 1. The van der Waals surface area contributed by atoms with Gasteiger partial charge in [-0.15, -0.1) is 0 Å². The molecule has 0 saturated heterocycles. The molecular formula is C25H28N6O2+2. The van der Waals surface area contributed by atoms with Crippen molar-refractivity contribution >= 4 is 28.3 Å². The van der Waals surface area contributed by atoms with Gasteiger partial charge in [-0.05, 0) is 18.2 Å². The molecule has 0 unspecified atom stereocenters. The fraction of sp³-hybridized carbons (Fsp3) is 0.280. The number of rotatable bonds is 9. The number of H-pyrrole nitrogens is 1. The van der Waals surface area contributed by atoms with E-state index < -0.39 is 0 Å². The Kier molecular flexibility index (Phi) is 5.64. The lowest BCUT2D eigenvalue weighted by Crippen LogP contribution is -2.41. The molecule has 2 N–H and O–H groups in total. The van der Waals surface area contributed by atoms with Gasteiger partial charge in [0.2, 0.25) is 12.7 Å². The van der Waals surface area contributed by atoms with Crippen molar-refractivity contribution in [3.8, 4) is 0 Å². The molecule has 1 aliphatic rings. The van der Waals surface area contributed by atoms with E-state index >= 15 is 0 Å². The summed E-state index contributed by atoms with van der Waals surface area (Å²) in [6.45, 7) is 2.85. The highest BCUT2D eigenvalue weighted by molar-refractivity contribution is 6.26. The van der Waals surface area contributed by atoms with E-state index in [-0.39, 0.29) is 11.8 Å². The number of imidazole rings is 2. The first-order valence-corrected chi connectivity index (χ1v) is 11.3. The van der Waals surface area contributed by atoms with Crippen molar-refractivity contribution in [3.05, 3.63) is 78.9 Å². The van der Waals surface area contributed by atoms with Gasteiger partial charge in [-0.2, -0.15) is 0 Å². The molecular weight excluding hydrogens is 416 g/mol. The number of hydrogen-bond acceptors (Lipinski definition) is 3. The summed E-state index contributed by atoms with van der Waals surface area (Å²) < 4.78 is 6.13. The summed E-state index contributed by atoms with van der Waals surface area (Å²) in [5, 5.41) is 5.16. The Morgan fingerprint density at radius 1 is 1.00 bits per heavy atom. The highest BCUT2D eigenvalue weighted by Crippen LogP contribution is 2.34. The maximum Gasteiger partial charge on any atom is 0.261 e. The van der Waals surface area contributed by atoms with Crippen molar-refractivity contribution in [3.63, 3.8) is 0 Å². The minimum absolute atomic E-state index is 0.211. The number of aromatic amines is 1. The van der Waals surface area contributed by atoms with E-state index in [9.17, 15) is 9.59 Å². The van der Waals surface area contributed by atoms with E-state index in [1.54, 1.807) is 0 Å². The molecule has 1 aliphatic heterocycles. The van der Waals surface area contributed by atoms with Crippen LogP contribution < -0.4 is 14.5 Å². The first kappa shape index (κ1) is 20.9. The van der Waals surface area contributed by atoms with Crippen molar-refractivity contribution in [2.45, 2.75) is 25.9 Å². The smallest absolute Gasteiger partial charge is 0.261 e. The lowest BCUT2D eigenvalue weighted by Gasteiger charge is -2.27. The summed E-state index contributed by atoms with van der Waals surface area (Å²) in [4.78, 5) is 30.9. The van der Waals surface area contributed by atoms with Gasteiger partial charge in [0, 0.05) is 53.5 Å². The molecule has 3 heterocycles. The molecule has 0 aliphatic carbocycles. The molecule has 0 spiro atoms. The summed E-state index contributed by atoms with van der Waals surface area (Å²) in [5.41, 5.74) is 2.14. The predicted molar refractivity (Wildman–Crippen MR) is 124 cm³/mol. The van der Waals surface area contributed by atoms with Gasteiger partial charge < -0.3 is 5.32 Å². The highest BCUT2D eigenvalue weighted by Gasteiger charge is 2.33. The van der Waals surface area contributed by atoms with Crippen LogP contribution in [0.15, 0.2) is 67.8 Å². The zero-order chi connectivity index (χ0) is 22.8. The number of nitrogens with one attached hydrogen (secondary N) is 2. The maximum absolute atomic E-state index is 13.2. The second kappa shape index (κ2) is 8.90. The van der Waals surface area contributed by atoms with Crippen LogP contribution in [0.1, 0.15) is 33.6 Å². The summed E-state index contributed by atoms with van der Waals surface area (Å²) in [5.74, 6) is -0.422. The number of nitrogens with zero attached hydrogens (tertiary/aromatic N) is 4. The Morgan fingerprint density at radius 3 is 2.61 bits per heavy atom. The summed E-state index contributed by atoms with van der Waals surface area (Å²) in [6.07, 6.45) is 13.4. The predicted octanol–water partition coefficient (Wildman–Crippen LogP) is 2.27. The van der Waals surface area contributed by atoms with E-state index in [4.69, 9.17) is 0 Å². The molecule has 5 rings (SSSR count). The first-order chi connectivity index (χ1) is 16.1. The number of amides is 2. The fourth-order valence-electron chi connectivity index (χ4n) is 4.49. The van der Waals surface area contributed by atoms with E-state index in [0.717, 1.165) is 42.5 Å². The molecule has 33 heavy (non-hydrogen) atoms. The average Bonchev–Trinajstić information content (AvgIpc) is 3.49. The molecule has 0 radical (unpaired) electrons. The van der Waals surface area contributed by atoms with Crippen molar-refractivity contribution in [1.82, 2.24) is 14.5 Å². The number of aromatic nitrogens is 4. The Morgan fingerprint density at radius 2 is 1.85 bits per heavy atom. The van der Waals surface area contributed by atoms with Crippen LogP contribution in [-0.4, -0.2) is 39.4 Å². The zero-order valence-corrected chi connectivity index (χ0v) is 18.7. The number of carbonyl (C=O) groups is 2. The van der Waals surface area contributed by atoms with Crippen LogP contribution in [0.5, 0.6) is 0 Å². The van der Waals surface area contributed by atoms with Crippen LogP contribution in [-0.2, 0) is 20.1 Å². The molecule has 0 fully saturated rings. The van der Waals surface area contributed by atoms with E-state index in [1.807, 2.05) is 79.4 Å². The molecule has 2 aromatic carbocycles. The van der Waals surface area contributed by atoms with Gasteiger partial charge in [0.15, 0.2) is 0 Å². The summed E-state index contributed by atoms with van der Waals surface area (Å²) in [7, 11) is 1.97. The molecule has 8 heteroatoms. The third-order valence-electron chi connectivity index (χ3n) is 6.12. The Labute approximate surface area is 192 Å². The Bertz CT molecular complexity index is 1290. The second-order valence-corrected chi connectivity index (χ2v) is 8.45. The second-order valence-electron chi connectivity index (χ2n) is 8.45. The number of benzene rings is 2. The highest BCUT2D eigenvalue weighted by atomic mass is 16.2. The third kappa shape index (κ3) is 4.11. The van der Waals surface area contributed by atoms with Gasteiger partial charge in [0.25, 0.3) is 11.8 Å². The van der Waals surface area contributed by atoms with Crippen LogP contribution in [0.2, 0.25) is 0 Å². The topological polar surface area (TPSA) is 77.9 Å². The van der Waals surface area contributed by atoms with Crippen LogP contribution in [0.4, 0.5) is 5.69 Å². The largest absolute Gasteiger partial charge is 0.384 e. The lowest BCUT2D eigenvalue weighted by atomic mass is 9.93. The van der Waals surface area contributed by atoms with Gasteiger partial charge in [0.1, 0.15) is 24.8 Å². The van der Waals surface area contributed by atoms with Crippen LogP contribution in [0.3, 0.4) is 0 Å². The number of hydrogen-bond donors (Lipinski definition) is 2. The van der Waals surface area contributed by atoms with Crippen molar-refractivity contribution in [2.75, 3.05) is 18.4 Å². The van der Waals surface area contributed by atoms with Gasteiger partial charge in [-0.25, -0.2) is 13.7 Å². The molecule has 0 saturated carbocycles. The third-order valence-corrected chi connectivity index (χ3v) is 6.12. The Balaban J connectivity index is 1.32. The quantitative estimate of drug-likeness (QED) is 0.236. The van der Waals surface area contributed by atoms with Crippen molar-refractivity contribution < 1.29 is 18.7 Å². The van der Waals surface area contributed by atoms with Crippen LogP contribution in [0, 0.1) is 0 Å². The molecule has 168 valence electrons.